The molecular formula is C18H14F3N7OS. The summed E-state index contributed by atoms with van der Waals surface area (Å²) in [6.07, 6.45) is 3.10. The van der Waals surface area contributed by atoms with Gasteiger partial charge in [-0.2, -0.15) is 18.3 Å². The molecule has 0 aliphatic rings. The van der Waals surface area contributed by atoms with Crippen LogP contribution in [0.25, 0.3) is 11.0 Å². The molecule has 0 aliphatic heterocycles. The Bertz CT molecular complexity index is 1170. The van der Waals surface area contributed by atoms with Gasteiger partial charge in [-0.1, -0.05) is 17.3 Å². The molecule has 0 unspecified atom stereocenters. The monoisotopic (exact) mass is 433 g/mol. The summed E-state index contributed by atoms with van der Waals surface area (Å²) in [6.45, 7) is 0.308. The van der Waals surface area contributed by atoms with Gasteiger partial charge >= 0.3 is 11.5 Å². The van der Waals surface area contributed by atoms with Crippen LogP contribution >= 0.6 is 11.8 Å². The van der Waals surface area contributed by atoms with Gasteiger partial charge in [-0.3, -0.25) is 0 Å². The SMILES string of the molecule is O=C(Nc1ccc(SC(F)(F)F)cc1)Nc1cnn(Cn2nnc3ccccc32)c1. The van der Waals surface area contributed by atoms with Gasteiger partial charge in [-0.15, -0.1) is 5.10 Å². The van der Waals surface area contributed by atoms with E-state index in [1.54, 1.807) is 15.6 Å². The highest BCUT2D eigenvalue weighted by atomic mass is 32.2. The number of fused-ring (bicyclic) bond motifs is 1. The Labute approximate surface area is 172 Å². The summed E-state index contributed by atoms with van der Waals surface area (Å²) in [5.74, 6) is 0. The lowest BCUT2D eigenvalue weighted by atomic mass is 10.3. The number of carbonyl (C=O) groups excluding carboxylic acids is 1. The minimum atomic E-state index is -4.36. The number of nitrogens with one attached hydrogen (secondary N) is 2. The van der Waals surface area contributed by atoms with E-state index in [1.165, 1.54) is 30.5 Å². The second-order valence-electron chi connectivity index (χ2n) is 6.14. The summed E-state index contributed by atoms with van der Waals surface area (Å²) >= 11 is -0.215. The Kier molecular flexibility index (Phi) is 5.31. The van der Waals surface area contributed by atoms with Crippen molar-refractivity contribution >= 4 is 40.2 Å². The van der Waals surface area contributed by atoms with Crippen LogP contribution in [0.2, 0.25) is 0 Å². The molecule has 2 amide bonds. The molecule has 2 aromatic carbocycles. The van der Waals surface area contributed by atoms with E-state index in [0.717, 1.165) is 11.0 Å². The minimum absolute atomic E-state index is 0.0374. The number of hydrogen-bond acceptors (Lipinski definition) is 5. The van der Waals surface area contributed by atoms with Crippen LogP contribution in [0.5, 0.6) is 0 Å². The molecule has 12 heteroatoms. The molecule has 8 nitrogen and oxygen atoms in total. The van der Waals surface area contributed by atoms with Crippen molar-refractivity contribution in [3.05, 3.63) is 60.9 Å². The fraction of sp³-hybridized carbons (Fsp3) is 0.111. The van der Waals surface area contributed by atoms with E-state index in [9.17, 15) is 18.0 Å². The molecule has 0 spiro atoms. The first-order valence-corrected chi connectivity index (χ1v) is 9.42. The Morgan fingerprint density at radius 2 is 1.77 bits per heavy atom. The van der Waals surface area contributed by atoms with Crippen molar-refractivity contribution in [3.8, 4) is 0 Å². The zero-order chi connectivity index (χ0) is 21.1. The van der Waals surface area contributed by atoms with Crippen molar-refractivity contribution in [2.45, 2.75) is 17.1 Å². The molecule has 2 heterocycles. The molecule has 2 aromatic heterocycles. The Balaban J connectivity index is 1.35. The van der Waals surface area contributed by atoms with Gasteiger partial charge in [0.05, 0.1) is 23.6 Å². The van der Waals surface area contributed by atoms with Gasteiger partial charge in [0, 0.05) is 10.6 Å². The van der Waals surface area contributed by atoms with Gasteiger partial charge in [0.2, 0.25) is 0 Å². The average molecular weight is 433 g/mol. The minimum Gasteiger partial charge on any atom is -0.308 e. The molecule has 4 rings (SSSR count). The molecule has 2 N–H and O–H groups in total. The number of alkyl halides is 3. The number of anilines is 2. The average Bonchev–Trinajstić information content (AvgIpc) is 3.30. The van der Waals surface area contributed by atoms with Gasteiger partial charge in [-0.05, 0) is 48.2 Å². The number of amides is 2. The number of para-hydroxylation sites is 1. The number of urea groups is 1. The highest BCUT2D eigenvalue weighted by molar-refractivity contribution is 8.00. The number of aromatic nitrogens is 5. The molecule has 0 fully saturated rings. The largest absolute Gasteiger partial charge is 0.446 e. The number of carbonyl (C=O) groups is 1. The highest BCUT2D eigenvalue weighted by Gasteiger charge is 2.29. The number of benzene rings is 2. The molecule has 0 saturated heterocycles. The number of halogens is 3. The van der Waals surface area contributed by atoms with Gasteiger partial charge in [-0.25, -0.2) is 14.2 Å². The Morgan fingerprint density at radius 3 is 2.53 bits per heavy atom. The molecule has 0 bridgehead atoms. The second-order valence-corrected chi connectivity index (χ2v) is 7.28. The van der Waals surface area contributed by atoms with Crippen LogP contribution in [0.4, 0.5) is 29.3 Å². The van der Waals surface area contributed by atoms with E-state index in [-0.39, 0.29) is 16.7 Å². The first-order valence-electron chi connectivity index (χ1n) is 8.60. The number of hydrogen-bond donors (Lipinski definition) is 2. The third kappa shape index (κ3) is 4.89. The molecule has 4 aromatic rings. The predicted molar refractivity (Wildman–Crippen MR) is 106 cm³/mol. The number of thioether (sulfide) groups is 1. The topological polar surface area (TPSA) is 89.7 Å². The quantitative estimate of drug-likeness (QED) is 0.456. The molecule has 30 heavy (non-hydrogen) atoms. The maximum atomic E-state index is 12.4. The summed E-state index contributed by atoms with van der Waals surface area (Å²) in [5.41, 5.74) is -1.93. The van der Waals surface area contributed by atoms with Gasteiger partial charge in [0.1, 0.15) is 12.2 Å². The Hall–Kier alpha value is -3.54. The van der Waals surface area contributed by atoms with Crippen molar-refractivity contribution in [2.24, 2.45) is 0 Å². The van der Waals surface area contributed by atoms with Gasteiger partial charge in [0.25, 0.3) is 0 Å². The van der Waals surface area contributed by atoms with Gasteiger partial charge in [0.15, 0.2) is 0 Å². The molecular weight excluding hydrogens is 419 g/mol. The molecule has 154 valence electrons. The highest BCUT2D eigenvalue weighted by Crippen LogP contribution is 2.37. The molecule has 0 saturated carbocycles. The van der Waals surface area contributed by atoms with Crippen LogP contribution in [0.15, 0.2) is 65.8 Å². The van der Waals surface area contributed by atoms with E-state index >= 15 is 0 Å². The first kappa shape index (κ1) is 19.8. The number of rotatable bonds is 5. The van der Waals surface area contributed by atoms with Crippen LogP contribution in [0, 0.1) is 0 Å². The fourth-order valence-electron chi connectivity index (χ4n) is 2.70. The van der Waals surface area contributed by atoms with E-state index in [4.69, 9.17) is 0 Å². The summed E-state index contributed by atoms with van der Waals surface area (Å²) in [4.78, 5) is 12.2. The van der Waals surface area contributed by atoms with Crippen molar-refractivity contribution in [1.29, 1.82) is 0 Å². The lowest BCUT2D eigenvalue weighted by Crippen LogP contribution is -2.19. The zero-order valence-corrected chi connectivity index (χ0v) is 16.0. The van der Waals surface area contributed by atoms with Crippen LogP contribution in [0.1, 0.15) is 0 Å². The number of nitrogens with zero attached hydrogens (tertiary/aromatic N) is 5. The maximum Gasteiger partial charge on any atom is 0.446 e. The third-order valence-corrected chi connectivity index (χ3v) is 4.68. The lowest BCUT2D eigenvalue weighted by molar-refractivity contribution is -0.0328. The van der Waals surface area contributed by atoms with Crippen LogP contribution in [-0.4, -0.2) is 36.3 Å². The van der Waals surface area contributed by atoms with Crippen LogP contribution in [0.3, 0.4) is 0 Å². The zero-order valence-electron chi connectivity index (χ0n) is 15.2. The molecule has 0 radical (unpaired) electrons. The van der Waals surface area contributed by atoms with E-state index in [0.29, 0.717) is 18.0 Å². The standard InChI is InChI=1S/C18H14F3N7OS/c19-18(20,21)30-14-7-5-12(6-8-14)23-17(29)24-13-9-22-27(10-13)11-28-16-4-2-1-3-15(16)25-26-28/h1-10H,11H2,(H2,23,24,29). The summed E-state index contributed by atoms with van der Waals surface area (Å²) in [5, 5.41) is 17.5. The van der Waals surface area contributed by atoms with E-state index < -0.39 is 11.5 Å². The molecule has 0 atom stereocenters. The predicted octanol–water partition coefficient (Wildman–Crippen LogP) is 4.39. The third-order valence-electron chi connectivity index (χ3n) is 3.94. The van der Waals surface area contributed by atoms with Crippen molar-refractivity contribution in [3.63, 3.8) is 0 Å². The summed E-state index contributed by atoms with van der Waals surface area (Å²) in [6, 6.07) is 12.3. The van der Waals surface area contributed by atoms with E-state index in [1.807, 2.05) is 24.3 Å². The van der Waals surface area contributed by atoms with Crippen molar-refractivity contribution < 1.29 is 18.0 Å². The fourth-order valence-corrected chi connectivity index (χ4v) is 3.24. The summed E-state index contributed by atoms with van der Waals surface area (Å²) < 4.78 is 40.3. The maximum absolute atomic E-state index is 12.4. The van der Waals surface area contributed by atoms with E-state index in [2.05, 4.69) is 26.0 Å². The van der Waals surface area contributed by atoms with Crippen molar-refractivity contribution in [1.82, 2.24) is 24.8 Å². The Morgan fingerprint density at radius 1 is 1.03 bits per heavy atom. The first-order chi connectivity index (χ1) is 14.4. The second kappa shape index (κ2) is 8.06. The molecule has 0 aliphatic carbocycles. The van der Waals surface area contributed by atoms with Gasteiger partial charge < -0.3 is 10.6 Å². The lowest BCUT2D eigenvalue weighted by Gasteiger charge is -2.08. The van der Waals surface area contributed by atoms with Crippen molar-refractivity contribution in [2.75, 3.05) is 10.6 Å². The summed E-state index contributed by atoms with van der Waals surface area (Å²) in [7, 11) is 0. The van der Waals surface area contributed by atoms with Crippen LogP contribution < -0.4 is 10.6 Å². The normalized spacial score (nSPS) is 11.6. The smallest absolute Gasteiger partial charge is 0.308 e. The van der Waals surface area contributed by atoms with Crippen LogP contribution in [-0.2, 0) is 6.67 Å².